The number of thiophene rings is 1. The van der Waals surface area contributed by atoms with Gasteiger partial charge in [0.15, 0.2) is 0 Å². The number of amides is 1. The molecule has 0 aliphatic carbocycles. The maximum atomic E-state index is 13.0. The van der Waals surface area contributed by atoms with Crippen LogP contribution in [-0.2, 0) is 17.7 Å². The van der Waals surface area contributed by atoms with Gasteiger partial charge in [-0.05, 0) is 44.9 Å². The highest BCUT2D eigenvalue weighted by Gasteiger charge is 2.30. The minimum absolute atomic E-state index is 0.279. The summed E-state index contributed by atoms with van der Waals surface area (Å²) in [6.07, 6.45) is 0.750. The van der Waals surface area contributed by atoms with E-state index in [1.54, 1.807) is 32.2 Å². The standard InChI is InChI=1S/C22H28N2O5S/c1-6-29-22(26)19-16-9-10-24(13(2)3)12-18(16)30-21(19)23-20(25)15-8-7-14(27-4)11-17(15)28-5/h7-8,11,13H,6,9-10,12H2,1-5H3,(H,23,25). The number of nitrogens with zero attached hydrogens (tertiary/aromatic N) is 1. The van der Waals surface area contributed by atoms with Crippen LogP contribution < -0.4 is 14.8 Å². The van der Waals surface area contributed by atoms with Gasteiger partial charge >= 0.3 is 5.97 Å². The Morgan fingerprint density at radius 3 is 2.63 bits per heavy atom. The van der Waals surface area contributed by atoms with Crippen LogP contribution in [0.3, 0.4) is 0 Å². The summed E-state index contributed by atoms with van der Waals surface area (Å²) < 4.78 is 15.8. The number of ether oxygens (including phenoxy) is 3. The second-order valence-corrected chi connectivity index (χ2v) is 8.37. The third kappa shape index (κ3) is 4.44. The van der Waals surface area contributed by atoms with Crippen LogP contribution in [0.1, 0.15) is 51.9 Å². The third-order valence-electron chi connectivity index (χ3n) is 5.18. The van der Waals surface area contributed by atoms with E-state index < -0.39 is 5.97 Å². The quantitative estimate of drug-likeness (QED) is 0.668. The van der Waals surface area contributed by atoms with Gasteiger partial charge in [0, 0.05) is 30.1 Å². The van der Waals surface area contributed by atoms with Gasteiger partial charge in [-0.2, -0.15) is 0 Å². The molecule has 0 fully saturated rings. The number of carbonyl (C=O) groups excluding carboxylic acids is 2. The normalized spacial score (nSPS) is 13.7. The summed E-state index contributed by atoms with van der Waals surface area (Å²) in [6, 6.07) is 5.41. The fourth-order valence-electron chi connectivity index (χ4n) is 3.53. The van der Waals surface area contributed by atoms with Crippen molar-refractivity contribution >= 4 is 28.2 Å². The number of anilines is 1. The van der Waals surface area contributed by atoms with Gasteiger partial charge < -0.3 is 19.5 Å². The molecule has 0 spiro atoms. The highest BCUT2D eigenvalue weighted by atomic mass is 32.1. The number of carbonyl (C=O) groups is 2. The predicted octanol–water partition coefficient (Wildman–Crippen LogP) is 3.96. The van der Waals surface area contributed by atoms with Crippen molar-refractivity contribution in [2.45, 2.75) is 39.8 Å². The zero-order valence-corrected chi connectivity index (χ0v) is 18.9. The molecule has 1 aromatic heterocycles. The Kier molecular flexibility index (Phi) is 6.99. The molecule has 0 bridgehead atoms. The van der Waals surface area contributed by atoms with Gasteiger partial charge in [0.1, 0.15) is 16.5 Å². The first-order valence-electron chi connectivity index (χ1n) is 9.98. The predicted molar refractivity (Wildman–Crippen MR) is 117 cm³/mol. The Morgan fingerprint density at radius 2 is 2.00 bits per heavy atom. The molecule has 0 atom stereocenters. The summed E-state index contributed by atoms with van der Waals surface area (Å²) in [5.41, 5.74) is 1.82. The van der Waals surface area contributed by atoms with Crippen molar-refractivity contribution in [3.63, 3.8) is 0 Å². The average Bonchev–Trinajstić information content (AvgIpc) is 3.10. The zero-order valence-electron chi connectivity index (χ0n) is 18.0. The van der Waals surface area contributed by atoms with Gasteiger partial charge in [-0.1, -0.05) is 0 Å². The van der Waals surface area contributed by atoms with Crippen LogP contribution in [0, 0.1) is 0 Å². The molecule has 3 rings (SSSR count). The first-order chi connectivity index (χ1) is 14.4. The number of nitrogens with one attached hydrogen (secondary N) is 1. The minimum Gasteiger partial charge on any atom is -0.497 e. The number of hydrogen-bond donors (Lipinski definition) is 1. The fraction of sp³-hybridized carbons (Fsp3) is 0.455. The lowest BCUT2D eigenvalue weighted by molar-refractivity contribution is 0.0526. The molecule has 1 amide bonds. The first kappa shape index (κ1) is 22.1. The minimum atomic E-state index is -0.398. The highest BCUT2D eigenvalue weighted by molar-refractivity contribution is 7.17. The molecule has 0 unspecified atom stereocenters. The average molecular weight is 433 g/mol. The van der Waals surface area contributed by atoms with Gasteiger partial charge in [0.2, 0.25) is 0 Å². The topological polar surface area (TPSA) is 77.1 Å². The smallest absolute Gasteiger partial charge is 0.341 e. The van der Waals surface area contributed by atoms with Gasteiger partial charge in [0.05, 0.1) is 32.0 Å². The fourth-order valence-corrected chi connectivity index (χ4v) is 4.78. The van der Waals surface area contributed by atoms with E-state index in [1.807, 2.05) is 0 Å². The maximum Gasteiger partial charge on any atom is 0.341 e. The first-order valence-corrected chi connectivity index (χ1v) is 10.8. The molecule has 0 saturated heterocycles. The zero-order chi connectivity index (χ0) is 21.8. The van der Waals surface area contributed by atoms with Gasteiger partial charge in [-0.3, -0.25) is 9.69 Å². The number of esters is 1. The molecule has 2 aromatic rings. The van der Waals surface area contributed by atoms with Crippen LogP contribution in [0.5, 0.6) is 11.5 Å². The van der Waals surface area contributed by atoms with E-state index in [4.69, 9.17) is 14.2 Å². The van der Waals surface area contributed by atoms with Crippen molar-refractivity contribution in [2.75, 3.05) is 32.7 Å². The van der Waals surface area contributed by atoms with E-state index >= 15 is 0 Å². The van der Waals surface area contributed by atoms with Crippen LogP contribution in [0.15, 0.2) is 18.2 Å². The van der Waals surface area contributed by atoms with Crippen LogP contribution in [-0.4, -0.2) is 50.2 Å². The van der Waals surface area contributed by atoms with E-state index in [-0.39, 0.29) is 12.5 Å². The van der Waals surface area contributed by atoms with Gasteiger partial charge in [0.25, 0.3) is 5.91 Å². The molecule has 8 heteroatoms. The van der Waals surface area contributed by atoms with E-state index in [9.17, 15) is 9.59 Å². The van der Waals surface area contributed by atoms with E-state index in [0.717, 1.165) is 30.0 Å². The van der Waals surface area contributed by atoms with Gasteiger partial charge in [-0.15, -0.1) is 11.3 Å². The number of methoxy groups -OCH3 is 2. The molecular formula is C22H28N2O5S. The Hall–Kier alpha value is -2.58. The number of rotatable bonds is 7. The molecular weight excluding hydrogens is 404 g/mol. The van der Waals surface area contributed by atoms with Crippen LogP contribution >= 0.6 is 11.3 Å². The van der Waals surface area contributed by atoms with Crippen LogP contribution in [0.4, 0.5) is 5.00 Å². The summed E-state index contributed by atoms with van der Waals surface area (Å²) in [4.78, 5) is 29.2. The van der Waals surface area contributed by atoms with Crippen molar-refractivity contribution in [3.05, 3.63) is 39.8 Å². The Balaban J connectivity index is 1.95. The summed E-state index contributed by atoms with van der Waals surface area (Å²) >= 11 is 1.44. The number of hydrogen-bond acceptors (Lipinski definition) is 7. The largest absolute Gasteiger partial charge is 0.497 e. The molecule has 2 heterocycles. The molecule has 1 N–H and O–H groups in total. The summed E-state index contributed by atoms with van der Waals surface area (Å²) in [5, 5.41) is 3.44. The summed E-state index contributed by atoms with van der Waals surface area (Å²) in [7, 11) is 3.05. The summed E-state index contributed by atoms with van der Waals surface area (Å²) in [6.45, 7) is 7.99. The number of fused-ring (bicyclic) bond motifs is 1. The SMILES string of the molecule is CCOC(=O)c1c(NC(=O)c2ccc(OC)cc2OC)sc2c1CCN(C(C)C)C2. The van der Waals surface area contributed by atoms with Crippen molar-refractivity contribution in [3.8, 4) is 11.5 Å². The third-order valence-corrected chi connectivity index (χ3v) is 6.31. The Labute approximate surface area is 180 Å². The lowest BCUT2D eigenvalue weighted by Gasteiger charge is -2.30. The van der Waals surface area contributed by atoms with E-state index in [0.29, 0.717) is 33.7 Å². The molecule has 1 aliphatic heterocycles. The van der Waals surface area contributed by atoms with Crippen molar-refractivity contribution < 1.29 is 23.8 Å². The Morgan fingerprint density at radius 1 is 1.23 bits per heavy atom. The van der Waals surface area contributed by atoms with Crippen LogP contribution in [0.25, 0.3) is 0 Å². The lowest BCUT2D eigenvalue weighted by Crippen LogP contribution is -2.35. The summed E-state index contributed by atoms with van der Waals surface area (Å²) in [5.74, 6) is 0.247. The Bertz CT molecular complexity index is 938. The highest BCUT2D eigenvalue weighted by Crippen LogP contribution is 2.38. The second kappa shape index (κ2) is 9.49. The molecule has 1 aliphatic rings. The van der Waals surface area contributed by atoms with E-state index in [2.05, 4.69) is 24.1 Å². The van der Waals surface area contributed by atoms with Crippen molar-refractivity contribution in [2.24, 2.45) is 0 Å². The maximum absolute atomic E-state index is 13.0. The molecule has 7 nitrogen and oxygen atoms in total. The number of benzene rings is 1. The molecule has 1 aromatic carbocycles. The lowest BCUT2D eigenvalue weighted by atomic mass is 10.0. The second-order valence-electron chi connectivity index (χ2n) is 7.26. The molecule has 0 radical (unpaired) electrons. The monoisotopic (exact) mass is 432 g/mol. The van der Waals surface area contributed by atoms with Crippen molar-refractivity contribution in [1.82, 2.24) is 4.90 Å². The van der Waals surface area contributed by atoms with Crippen LogP contribution in [0.2, 0.25) is 0 Å². The molecule has 30 heavy (non-hydrogen) atoms. The van der Waals surface area contributed by atoms with Gasteiger partial charge in [-0.25, -0.2) is 4.79 Å². The van der Waals surface area contributed by atoms with E-state index in [1.165, 1.54) is 18.4 Å². The molecule has 0 saturated carbocycles. The molecule has 162 valence electrons. The van der Waals surface area contributed by atoms with Crippen molar-refractivity contribution in [1.29, 1.82) is 0 Å².